The van der Waals surface area contributed by atoms with E-state index in [1.54, 1.807) is 0 Å². The van der Waals surface area contributed by atoms with E-state index in [1.807, 2.05) is 0 Å². The van der Waals surface area contributed by atoms with E-state index in [2.05, 4.69) is 0 Å². The summed E-state index contributed by atoms with van der Waals surface area (Å²) >= 11 is 0. The zero-order chi connectivity index (χ0) is 7.24. The van der Waals surface area contributed by atoms with Crippen molar-refractivity contribution in [1.82, 2.24) is 0 Å². The average molecular weight is 162 g/mol. The molecule has 0 atom stereocenters. The van der Waals surface area contributed by atoms with E-state index < -0.39 is 10.1 Å². The lowest BCUT2D eigenvalue weighted by atomic mass is 10.1. The van der Waals surface area contributed by atoms with Crippen molar-refractivity contribution < 1.29 is 12.6 Å². The van der Waals surface area contributed by atoms with Gasteiger partial charge in [-0.2, -0.15) is 8.42 Å². The Morgan fingerprint density at radius 2 is 1.90 bits per heavy atom. The van der Waals surface area contributed by atoms with Gasteiger partial charge >= 0.3 is 0 Å². The molecule has 1 spiro atoms. The SMILES string of the molecule is O=S1(=O)CCC2(CC2)CO1. The van der Waals surface area contributed by atoms with Crippen molar-refractivity contribution in [3.63, 3.8) is 0 Å². The largest absolute Gasteiger partial charge is 0.270 e. The molecule has 0 unspecified atom stereocenters. The molecule has 3 nitrogen and oxygen atoms in total. The summed E-state index contributed by atoms with van der Waals surface area (Å²) in [6.07, 6.45) is 3.13. The lowest BCUT2D eigenvalue weighted by Gasteiger charge is -2.20. The minimum absolute atomic E-state index is 0.229. The van der Waals surface area contributed by atoms with Gasteiger partial charge in [0.1, 0.15) is 0 Å². The van der Waals surface area contributed by atoms with Crippen LogP contribution in [0.15, 0.2) is 0 Å². The zero-order valence-electron chi connectivity index (χ0n) is 5.67. The molecule has 0 aromatic rings. The molecule has 0 amide bonds. The van der Waals surface area contributed by atoms with Crippen LogP contribution >= 0.6 is 0 Å². The van der Waals surface area contributed by atoms with Gasteiger partial charge in [0.25, 0.3) is 10.1 Å². The quantitative estimate of drug-likeness (QED) is 0.488. The fourth-order valence-corrected chi connectivity index (χ4v) is 2.49. The van der Waals surface area contributed by atoms with E-state index in [4.69, 9.17) is 4.18 Å². The predicted molar refractivity (Wildman–Crippen MR) is 36.0 cm³/mol. The fourth-order valence-electron chi connectivity index (χ4n) is 1.26. The third-order valence-electron chi connectivity index (χ3n) is 2.38. The average Bonchev–Trinajstić information content (AvgIpc) is 2.60. The van der Waals surface area contributed by atoms with E-state index in [1.165, 1.54) is 0 Å². The molecule has 1 saturated heterocycles. The molecule has 0 radical (unpaired) electrons. The topological polar surface area (TPSA) is 43.4 Å². The number of hydrogen-bond donors (Lipinski definition) is 0. The normalized spacial score (nSPS) is 34.0. The van der Waals surface area contributed by atoms with Crippen molar-refractivity contribution in [3.8, 4) is 0 Å². The molecule has 0 aromatic heterocycles. The highest BCUT2D eigenvalue weighted by atomic mass is 32.2. The van der Waals surface area contributed by atoms with Gasteiger partial charge < -0.3 is 0 Å². The van der Waals surface area contributed by atoms with E-state index in [-0.39, 0.29) is 11.2 Å². The standard InChI is InChI=1S/C6H10O3S/c7-10(8)4-3-6(1-2-6)5-9-10/h1-5H2. The van der Waals surface area contributed by atoms with Crippen LogP contribution in [0.25, 0.3) is 0 Å². The van der Waals surface area contributed by atoms with Crippen molar-refractivity contribution in [3.05, 3.63) is 0 Å². The van der Waals surface area contributed by atoms with Gasteiger partial charge in [-0.05, 0) is 24.7 Å². The molecule has 2 fully saturated rings. The van der Waals surface area contributed by atoms with Crippen LogP contribution < -0.4 is 0 Å². The van der Waals surface area contributed by atoms with Gasteiger partial charge in [-0.15, -0.1) is 0 Å². The van der Waals surface area contributed by atoms with Crippen molar-refractivity contribution in [2.75, 3.05) is 12.4 Å². The molecule has 0 bridgehead atoms. The van der Waals surface area contributed by atoms with Gasteiger partial charge in [-0.25, -0.2) is 0 Å². The van der Waals surface area contributed by atoms with Crippen LogP contribution in [-0.2, 0) is 14.3 Å². The zero-order valence-corrected chi connectivity index (χ0v) is 6.49. The van der Waals surface area contributed by atoms with Crippen LogP contribution in [0.4, 0.5) is 0 Å². The van der Waals surface area contributed by atoms with Crippen LogP contribution in [-0.4, -0.2) is 20.8 Å². The Balaban J connectivity index is 2.08. The van der Waals surface area contributed by atoms with Crippen LogP contribution in [0, 0.1) is 5.41 Å². The third-order valence-corrected chi connectivity index (χ3v) is 3.57. The Morgan fingerprint density at radius 1 is 1.20 bits per heavy atom. The van der Waals surface area contributed by atoms with Crippen LogP contribution in [0.2, 0.25) is 0 Å². The van der Waals surface area contributed by atoms with Crippen LogP contribution in [0.1, 0.15) is 19.3 Å². The van der Waals surface area contributed by atoms with Gasteiger partial charge in [-0.1, -0.05) is 0 Å². The maximum atomic E-state index is 10.7. The van der Waals surface area contributed by atoms with E-state index in [0.717, 1.165) is 19.3 Å². The second kappa shape index (κ2) is 1.74. The molecular formula is C6H10O3S. The van der Waals surface area contributed by atoms with Gasteiger partial charge in [0.2, 0.25) is 0 Å². The summed E-state index contributed by atoms with van der Waals surface area (Å²) in [6.45, 7) is 0.440. The first kappa shape index (κ1) is 6.61. The Morgan fingerprint density at radius 3 is 2.30 bits per heavy atom. The Hall–Kier alpha value is -0.0900. The lowest BCUT2D eigenvalue weighted by molar-refractivity contribution is 0.212. The van der Waals surface area contributed by atoms with Gasteiger partial charge in [0, 0.05) is 0 Å². The summed E-state index contributed by atoms with van der Waals surface area (Å²) in [5.41, 5.74) is 0.283. The molecule has 58 valence electrons. The van der Waals surface area contributed by atoms with Crippen LogP contribution in [0.5, 0.6) is 0 Å². The van der Waals surface area contributed by atoms with Crippen molar-refractivity contribution >= 4 is 10.1 Å². The molecular weight excluding hydrogens is 152 g/mol. The Kier molecular flexibility index (Phi) is 1.15. The molecule has 0 N–H and O–H groups in total. The minimum Gasteiger partial charge on any atom is -0.270 e. The predicted octanol–water partition coefficient (Wildman–Crippen LogP) is 0.517. The summed E-state index contributed by atoms with van der Waals surface area (Å²) in [5, 5.41) is 0. The summed E-state index contributed by atoms with van der Waals surface area (Å²) in [7, 11) is -3.11. The van der Waals surface area contributed by atoms with Gasteiger partial charge in [-0.3, -0.25) is 4.18 Å². The molecule has 1 saturated carbocycles. The monoisotopic (exact) mass is 162 g/mol. The third kappa shape index (κ3) is 1.06. The summed E-state index contributed by atoms with van der Waals surface area (Å²) < 4.78 is 26.2. The first-order chi connectivity index (χ1) is 4.62. The maximum absolute atomic E-state index is 10.7. The highest BCUT2D eigenvalue weighted by Crippen LogP contribution is 2.51. The molecule has 10 heavy (non-hydrogen) atoms. The highest BCUT2D eigenvalue weighted by Gasteiger charge is 2.47. The molecule has 1 heterocycles. The molecule has 4 heteroatoms. The van der Waals surface area contributed by atoms with Crippen LogP contribution in [0.3, 0.4) is 0 Å². The molecule has 1 aliphatic heterocycles. The highest BCUT2D eigenvalue weighted by molar-refractivity contribution is 7.86. The first-order valence-corrected chi connectivity index (χ1v) is 5.07. The number of rotatable bonds is 0. The number of hydrogen-bond acceptors (Lipinski definition) is 3. The lowest BCUT2D eigenvalue weighted by Crippen LogP contribution is -2.26. The van der Waals surface area contributed by atoms with Crippen molar-refractivity contribution in [2.45, 2.75) is 19.3 Å². The van der Waals surface area contributed by atoms with E-state index >= 15 is 0 Å². The van der Waals surface area contributed by atoms with Gasteiger partial charge in [0.15, 0.2) is 0 Å². The van der Waals surface area contributed by atoms with E-state index in [0.29, 0.717) is 6.61 Å². The smallest absolute Gasteiger partial charge is 0.267 e. The van der Waals surface area contributed by atoms with Crippen molar-refractivity contribution in [1.29, 1.82) is 0 Å². The molecule has 0 aromatic carbocycles. The molecule has 2 aliphatic rings. The van der Waals surface area contributed by atoms with Crippen molar-refractivity contribution in [2.24, 2.45) is 5.41 Å². The summed E-state index contributed by atoms with van der Waals surface area (Å²) in [4.78, 5) is 0. The fraction of sp³-hybridized carbons (Fsp3) is 1.00. The maximum Gasteiger partial charge on any atom is 0.267 e. The molecule has 2 rings (SSSR count). The second-order valence-corrected chi connectivity index (χ2v) is 5.03. The minimum atomic E-state index is -3.11. The Bertz CT molecular complexity index is 222. The summed E-state index contributed by atoms with van der Waals surface area (Å²) in [6, 6.07) is 0. The molecule has 1 aliphatic carbocycles. The summed E-state index contributed by atoms with van der Waals surface area (Å²) in [5.74, 6) is 0.229. The second-order valence-electron chi connectivity index (χ2n) is 3.27. The van der Waals surface area contributed by atoms with Gasteiger partial charge in [0.05, 0.1) is 12.4 Å². The van der Waals surface area contributed by atoms with E-state index in [9.17, 15) is 8.42 Å². The first-order valence-electron chi connectivity index (χ1n) is 3.49. The Labute approximate surface area is 60.5 Å².